The molecule has 1 aromatic rings. The van der Waals surface area contributed by atoms with Crippen molar-refractivity contribution in [3.63, 3.8) is 0 Å². The molecule has 1 aromatic carbocycles. The molecule has 0 radical (unpaired) electrons. The normalized spacial score (nSPS) is 19.3. The Morgan fingerprint density at radius 1 is 1.39 bits per heavy atom. The summed E-state index contributed by atoms with van der Waals surface area (Å²) in [6, 6.07) is 3.56. The number of likely N-dealkylation sites (tertiary alicyclic amines) is 1. The lowest BCUT2D eigenvalue weighted by atomic mass is 10.1. The van der Waals surface area contributed by atoms with Gasteiger partial charge in [-0.3, -0.25) is 4.79 Å². The van der Waals surface area contributed by atoms with E-state index in [1.807, 2.05) is 0 Å². The van der Waals surface area contributed by atoms with Gasteiger partial charge in [0, 0.05) is 31.2 Å². The van der Waals surface area contributed by atoms with Crippen LogP contribution in [0.2, 0.25) is 0 Å². The fourth-order valence-electron chi connectivity index (χ4n) is 2.17. The number of halogens is 2. The van der Waals surface area contributed by atoms with Gasteiger partial charge < -0.3 is 10.0 Å². The summed E-state index contributed by atoms with van der Waals surface area (Å²) < 4.78 is 26.8. The van der Waals surface area contributed by atoms with Crippen LogP contribution < -0.4 is 0 Å². The van der Waals surface area contributed by atoms with Gasteiger partial charge in [-0.2, -0.15) is 0 Å². The molecule has 0 aromatic heterocycles. The highest BCUT2D eigenvalue weighted by Crippen LogP contribution is 2.18. The third-order valence-electron chi connectivity index (χ3n) is 3.29. The Labute approximate surface area is 104 Å². The van der Waals surface area contributed by atoms with Gasteiger partial charge >= 0.3 is 0 Å². The molecule has 5 heteroatoms. The van der Waals surface area contributed by atoms with Gasteiger partial charge in [-0.15, -0.1) is 0 Å². The smallest absolute Gasteiger partial charge is 0.227 e. The molecule has 1 saturated heterocycles. The molecule has 0 saturated carbocycles. The number of carbonyl (C=O) groups is 1. The Morgan fingerprint density at radius 2 is 2.06 bits per heavy atom. The van der Waals surface area contributed by atoms with Crippen molar-refractivity contribution in [3.8, 4) is 0 Å². The second-order valence-electron chi connectivity index (χ2n) is 4.55. The number of amides is 1. The molecule has 1 N–H and O–H groups in total. The topological polar surface area (TPSA) is 40.5 Å². The van der Waals surface area contributed by atoms with E-state index in [0.717, 1.165) is 18.6 Å². The molecule has 0 spiro atoms. The average Bonchev–Trinajstić information content (AvgIpc) is 2.82. The van der Waals surface area contributed by atoms with Gasteiger partial charge in [0.05, 0.1) is 6.42 Å². The molecule has 18 heavy (non-hydrogen) atoms. The maximum atomic E-state index is 13.4. The predicted molar refractivity (Wildman–Crippen MR) is 61.8 cm³/mol. The fraction of sp³-hybridized carbons (Fsp3) is 0.462. The van der Waals surface area contributed by atoms with E-state index in [9.17, 15) is 13.6 Å². The molecule has 1 amide bonds. The van der Waals surface area contributed by atoms with E-state index in [-0.39, 0.29) is 30.4 Å². The quantitative estimate of drug-likeness (QED) is 0.885. The van der Waals surface area contributed by atoms with Crippen molar-refractivity contribution >= 4 is 5.91 Å². The minimum atomic E-state index is -0.693. The molecular weight excluding hydrogens is 240 g/mol. The van der Waals surface area contributed by atoms with Gasteiger partial charge in [0.15, 0.2) is 0 Å². The summed E-state index contributed by atoms with van der Waals surface area (Å²) in [6.07, 6.45) is 0.471. The monoisotopic (exact) mass is 255 g/mol. The molecule has 1 aliphatic rings. The predicted octanol–water partition coefficient (Wildman–Crippen LogP) is 1.35. The van der Waals surface area contributed by atoms with Crippen molar-refractivity contribution in [1.29, 1.82) is 0 Å². The summed E-state index contributed by atoms with van der Waals surface area (Å²) in [5, 5.41) is 8.99. The number of hydrogen-bond acceptors (Lipinski definition) is 2. The Balaban J connectivity index is 2.04. The Kier molecular flexibility index (Phi) is 3.91. The molecule has 2 rings (SSSR count). The molecular formula is C13H15F2NO2. The highest BCUT2D eigenvalue weighted by atomic mass is 19.1. The van der Waals surface area contributed by atoms with Crippen LogP contribution in [0.25, 0.3) is 0 Å². The number of nitrogens with zero attached hydrogens (tertiary/aromatic N) is 1. The van der Waals surface area contributed by atoms with Crippen molar-refractivity contribution in [2.45, 2.75) is 12.8 Å². The number of benzene rings is 1. The minimum Gasteiger partial charge on any atom is -0.396 e. The summed E-state index contributed by atoms with van der Waals surface area (Å²) >= 11 is 0. The molecule has 1 heterocycles. The van der Waals surface area contributed by atoms with Crippen LogP contribution in [0.3, 0.4) is 0 Å². The molecule has 1 aliphatic heterocycles. The minimum absolute atomic E-state index is 0.0395. The number of carbonyl (C=O) groups excluding carboxylic acids is 1. The molecule has 0 bridgehead atoms. The summed E-state index contributed by atoms with van der Waals surface area (Å²) in [7, 11) is 0. The maximum absolute atomic E-state index is 13.4. The van der Waals surface area contributed by atoms with Gasteiger partial charge in [0.1, 0.15) is 11.6 Å². The summed E-state index contributed by atoms with van der Waals surface area (Å²) in [6.45, 7) is 1.05. The first-order chi connectivity index (χ1) is 8.61. The van der Waals surface area contributed by atoms with Crippen LogP contribution in [-0.4, -0.2) is 35.6 Å². The van der Waals surface area contributed by atoms with Crippen molar-refractivity contribution in [1.82, 2.24) is 4.90 Å². The van der Waals surface area contributed by atoms with E-state index in [4.69, 9.17) is 5.11 Å². The fourth-order valence-corrected chi connectivity index (χ4v) is 2.17. The van der Waals surface area contributed by atoms with Crippen LogP contribution in [-0.2, 0) is 11.2 Å². The van der Waals surface area contributed by atoms with Gasteiger partial charge in [0.25, 0.3) is 0 Å². The SMILES string of the molecule is O=C(Cc1c(F)cccc1F)N1CCC(CO)C1. The molecule has 3 nitrogen and oxygen atoms in total. The summed E-state index contributed by atoms with van der Waals surface area (Å²) in [5.74, 6) is -1.60. The first kappa shape index (κ1) is 13.0. The van der Waals surface area contributed by atoms with Gasteiger partial charge in [-0.05, 0) is 18.6 Å². The largest absolute Gasteiger partial charge is 0.396 e. The Hall–Kier alpha value is -1.49. The Bertz CT molecular complexity index is 430. The van der Waals surface area contributed by atoms with Gasteiger partial charge in [-0.25, -0.2) is 8.78 Å². The second-order valence-corrected chi connectivity index (χ2v) is 4.55. The molecule has 1 atom stereocenters. The lowest BCUT2D eigenvalue weighted by Crippen LogP contribution is -2.31. The van der Waals surface area contributed by atoms with Crippen LogP contribution in [0.4, 0.5) is 8.78 Å². The van der Waals surface area contributed by atoms with Crippen LogP contribution in [0, 0.1) is 17.6 Å². The van der Waals surface area contributed by atoms with Crippen LogP contribution in [0.15, 0.2) is 18.2 Å². The third kappa shape index (κ3) is 2.67. The number of hydrogen-bond donors (Lipinski definition) is 1. The molecule has 1 unspecified atom stereocenters. The van der Waals surface area contributed by atoms with Gasteiger partial charge in [0.2, 0.25) is 5.91 Å². The molecule has 1 fully saturated rings. The Morgan fingerprint density at radius 3 is 2.61 bits per heavy atom. The van der Waals surface area contributed by atoms with Crippen LogP contribution in [0.5, 0.6) is 0 Å². The van der Waals surface area contributed by atoms with Gasteiger partial charge in [-0.1, -0.05) is 6.07 Å². The van der Waals surface area contributed by atoms with E-state index in [1.165, 1.54) is 6.07 Å². The summed E-state index contributed by atoms with van der Waals surface area (Å²) in [5.41, 5.74) is -0.185. The van der Waals surface area contributed by atoms with Crippen molar-refractivity contribution < 1.29 is 18.7 Å². The third-order valence-corrected chi connectivity index (χ3v) is 3.29. The van der Waals surface area contributed by atoms with Crippen molar-refractivity contribution in [2.75, 3.05) is 19.7 Å². The first-order valence-corrected chi connectivity index (χ1v) is 5.93. The summed E-state index contributed by atoms with van der Waals surface area (Å²) in [4.78, 5) is 13.4. The van der Waals surface area contributed by atoms with E-state index in [1.54, 1.807) is 4.90 Å². The zero-order valence-electron chi connectivity index (χ0n) is 9.90. The average molecular weight is 255 g/mol. The lowest BCUT2D eigenvalue weighted by molar-refractivity contribution is -0.129. The standard InChI is InChI=1S/C13H15F2NO2/c14-11-2-1-3-12(15)10(11)6-13(18)16-5-4-9(7-16)8-17/h1-3,9,17H,4-8H2. The molecule has 0 aliphatic carbocycles. The van der Waals surface area contributed by atoms with E-state index in [2.05, 4.69) is 0 Å². The molecule has 98 valence electrons. The highest BCUT2D eigenvalue weighted by molar-refractivity contribution is 5.79. The number of aliphatic hydroxyl groups is 1. The lowest BCUT2D eigenvalue weighted by Gasteiger charge is -2.16. The van der Waals surface area contributed by atoms with E-state index >= 15 is 0 Å². The van der Waals surface area contributed by atoms with Crippen LogP contribution >= 0.6 is 0 Å². The zero-order valence-corrected chi connectivity index (χ0v) is 9.90. The highest BCUT2D eigenvalue weighted by Gasteiger charge is 2.26. The van der Waals surface area contributed by atoms with Crippen molar-refractivity contribution in [2.24, 2.45) is 5.92 Å². The maximum Gasteiger partial charge on any atom is 0.227 e. The second kappa shape index (κ2) is 5.44. The van der Waals surface area contributed by atoms with Crippen LogP contribution in [0.1, 0.15) is 12.0 Å². The zero-order chi connectivity index (χ0) is 13.1. The van der Waals surface area contributed by atoms with E-state index < -0.39 is 11.6 Å². The van der Waals surface area contributed by atoms with E-state index in [0.29, 0.717) is 13.1 Å². The first-order valence-electron chi connectivity index (χ1n) is 5.93. The number of rotatable bonds is 3. The number of aliphatic hydroxyl groups excluding tert-OH is 1. The van der Waals surface area contributed by atoms with Crippen molar-refractivity contribution in [3.05, 3.63) is 35.4 Å².